The summed E-state index contributed by atoms with van der Waals surface area (Å²) in [5.41, 5.74) is 2.42. The number of nitrogens with one attached hydrogen (secondary N) is 1. The molecule has 3 nitrogen and oxygen atoms in total. The molecule has 0 fully saturated rings. The van der Waals surface area contributed by atoms with Crippen molar-refractivity contribution >= 4 is 21.4 Å². The van der Waals surface area contributed by atoms with E-state index in [0.29, 0.717) is 5.69 Å². The molecule has 0 saturated heterocycles. The highest BCUT2D eigenvalue weighted by Crippen LogP contribution is 2.32. The molecule has 0 saturated carbocycles. The molecule has 1 aromatic carbocycles. The van der Waals surface area contributed by atoms with Crippen LogP contribution in [0.5, 0.6) is 0 Å². The highest BCUT2D eigenvalue weighted by Gasteiger charge is 2.08. The number of thiophene rings is 1. The Morgan fingerprint density at radius 1 is 1.31 bits per heavy atom. The van der Waals surface area contributed by atoms with Gasteiger partial charge in [-0.3, -0.25) is 5.10 Å². The topological polar surface area (TPSA) is 52.5 Å². The van der Waals surface area contributed by atoms with Gasteiger partial charge >= 0.3 is 0 Å². The molecule has 2 heterocycles. The summed E-state index contributed by atoms with van der Waals surface area (Å²) in [5, 5.41) is 18.8. The molecule has 0 amide bonds. The van der Waals surface area contributed by atoms with Gasteiger partial charge in [0.15, 0.2) is 5.69 Å². The van der Waals surface area contributed by atoms with Gasteiger partial charge in [0, 0.05) is 27.1 Å². The first kappa shape index (κ1) is 9.13. The number of fused-ring (bicyclic) bond motifs is 1. The third-order valence-corrected chi connectivity index (χ3v) is 3.43. The minimum atomic E-state index is 0.422. The van der Waals surface area contributed by atoms with Gasteiger partial charge < -0.3 is 0 Å². The Balaban J connectivity index is 2.23. The molecule has 1 N–H and O–H groups in total. The number of rotatable bonds is 1. The maximum Gasteiger partial charge on any atom is 0.162 e. The summed E-state index contributed by atoms with van der Waals surface area (Å²) >= 11 is 1.69. The van der Waals surface area contributed by atoms with Crippen molar-refractivity contribution in [3.63, 3.8) is 0 Å². The molecule has 0 radical (unpaired) electrons. The van der Waals surface area contributed by atoms with Gasteiger partial charge in [0.25, 0.3) is 0 Å². The summed E-state index contributed by atoms with van der Waals surface area (Å²) in [6, 6.07) is 12.0. The van der Waals surface area contributed by atoms with Crippen LogP contribution in [0.4, 0.5) is 0 Å². The molecule has 76 valence electrons. The van der Waals surface area contributed by atoms with E-state index in [0.717, 1.165) is 11.3 Å². The Morgan fingerprint density at radius 2 is 2.19 bits per heavy atom. The molecule has 0 aliphatic heterocycles. The predicted molar refractivity (Wildman–Crippen MR) is 64.1 cm³/mol. The lowest BCUT2D eigenvalue weighted by Gasteiger charge is -1.93. The van der Waals surface area contributed by atoms with Gasteiger partial charge in [-0.15, -0.1) is 11.3 Å². The maximum absolute atomic E-state index is 8.73. The van der Waals surface area contributed by atoms with Gasteiger partial charge in [0.1, 0.15) is 6.07 Å². The zero-order valence-electron chi connectivity index (χ0n) is 8.27. The molecule has 0 unspecified atom stereocenters. The normalized spacial score (nSPS) is 10.4. The Labute approximate surface area is 96.0 Å². The van der Waals surface area contributed by atoms with Crippen LogP contribution in [0.1, 0.15) is 5.69 Å². The predicted octanol–water partition coefficient (Wildman–Crippen LogP) is 3.16. The van der Waals surface area contributed by atoms with Gasteiger partial charge in [-0.1, -0.05) is 18.2 Å². The van der Waals surface area contributed by atoms with Crippen LogP contribution in [-0.2, 0) is 0 Å². The Bertz CT molecular complexity index is 687. The monoisotopic (exact) mass is 225 g/mol. The van der Waals surface area contributed by atoms with E-state index in [9.17, 15) is 0 Å². The first-order valence-electron chi connectivity index (χ1n) is 4.80. The molecule has 0 atom stereocenters. The number of nitriles is 1. The first-order valence-corrected chi connectivity index (χ1v) is 5.68. The van der Waals surface area contributed by atoms with Crippen molar-refractivity contribution in [3.8, 4) is 17.3 Å². The zero-order valence-corrected chi connectivity index (χ0v) is 9.08. The third-order valence-electron chi connectivity index (χ3n) is 2.46. The molecule has 0 aliphatic rings. The number of nitrogens with zero attached hydrogens (tertiary/aromatic N) is 2. The first-order chi connectivity index (χ1) is 7.88. The number of aromatic amines is 1. The molecular weight excluding hydrogens is 218 g/mol. The second kappa shape index (κ2) is 3.47. The van der Waals surface area contributed by atoms with Crippen LogP contribution < -0.4 is 0 Å². The smallest absolute Gasteiger partial charge is 0.162 e. The Hall–Kier alpha value is -2.12. The van der Waals surface area contributed by atoms with Crippen LogP contribution in [0.2, 0.25) is 0 Å². The largest absolute Gasteiger partial charge is 0.276 e. The van der Waals surface area contributed by atoms with E-state index in [1.165, 1.54) is 10.1 Å². The quantitative estimate of drug-likeness (QED) is 0.691. The molecule has 16 heavy (non-hydrogen) atoms. The second-order valence-corrected chi connectivity index (χ2v) is 4.34. The van der Waals surface area contributed by atoms with Crippen LogP contribution in [0, 0.1) is 11.3 Å². The molecule has 0 aliphatic carbocycles. The van der Waals surface area contributed by atoms with Crippen LogP contribution in [0.3, 0.4) is 0 Å². The van der Waals surface area contributed by atoms with Crippen molar-refractivity contribution in [2.75, 3.05) is 0 Å². The molecule has 2 aromatic heterocycles. The number of aromatic nitrogens is 2. The summed E-state index contributed by atoms with van der Waals surface area (Å²) in [7, 11) is 0. The van der Waals surface area contributed by atoms with E-state index in [1.54, 1.807) is 17.4 Å². The van der Waals surface area contributed by atoms with E-state index in [2.05, 4.69) is 27.7 Å². The zero-order chi connectivity index (χ0) is 11.0. The van der Waals surface area contributed by atoms with E-state index < -0.39 is 0 Å². The molecule has 3 aromatic rings. The van der Waals surface area contributed by atoms with Crippen molar-refractivity contribution in [1.82, 2.24) is 10.2 Å². The summed E-state index contributed by atoms with van der Waals surface area (Å²) in [6.45, 7) is 0. The minimum absolute atomic E-state index is 0.422. The fourth-order valence-electron chi connectivity index (χ4n) is 1.70. The summed E-state index contributed by atoms with van der Waals surface area (Å²) < 4.78 is 1.24. The molecule has 0 bridgehead atoms. The van der Waals surface area contributed by atoms with Crippen LogP contribution in [0.25, 0.3) is 21.3 Å². The Morgan fingerprint density at radius 3 is 3.00 bits per heavy atom. The SMILES string of the molecule is N#Cc1cc(-c2csc3ccccc23)[nH]n1. The van der Waals surface area contributed by atoms with Crippen LogP contribution >= 0.6 is 11.3 Å². The van der Waals surface area contributed by atoms with Crippen molar-refractivity contribution < 1.29 is 0 Å². The second-order valence-electron chi connectivity index (χ2n) is 3.42. The lowest BCUT2D eigenvalue weighted by molar-refractivity contribution is 1.08. The van der Waals surface area contributed by atoms with E-state index in [4.69, 9.17) is 5.26 Å². The van der Waals surface area contributed by atoms with Gasteiger partial charge in [-0.05, 0) is 6.07 Å². The third kappa shape index (κ3) is 1.30. The van der Waals surface area contributed by atoms with Gasteiger partial charge in [-0.2, -0.15) is 10.4 Å². The highest BCUT2D eigenvalue weighted by atomic mass is 32.1. The molecule has 4 heteroatoms. The average molecular weight is 225 g/mol. The molecular formula is C12H7N3S. The summed E-state index contributed by atoms with van der Waals surface area (Å²) in [6.07, 6.45) is 0. The van der Waals surface area contributed by atoms with E-state index in [-0.39, 0.29) is 0 Å². The fourth-order valence-corrected chi connectivity index (χ4v) is 2.66. The lowest BCUT2D eigenvalue weighted by Crippen LogP contribution is -1.74. The Kier molecular flexibility index (Phi) is 1.98. The fraction of sp³-hybridized carbons (Fsp3) is 0. The molecule has 3 rings (SSSR count). The van der Waals surface area contributed by atoms with Crippen molar-refractivity contribution in [2.24, 2.45) is 0 Å². The molecule has 0 spiro atoms. The van der Waals surface area contributed by atoms with E-state index >= 15 is 0 Å². The number of benzene rings is 1. The van der Waals surface area contributed by atoms with Crippen molar-refractivity contribution in [1.29, 1.82) is 5.26 Å². The number of hydrogen-bond acceptors (Lipinski definition) is 3. The lowest BCUT2D eigenvalue weighted by atomic mass is 10.1. The number of hydrogen-bond donors (Lipinski definition) is 1. The minimum Gasteiger partial charge on any atom is -0.276 e. The standard InChI is InChI=1S/C12H7N3S/c13-6-8-5-11(15-14-8)10-7-16-12-4-2-1-3-9(10)12/h1-5,7H,(H,14,15). The van der Waals surface area contributed by atoms with Gasteiger partial charge in [0.05, 0.1) is 5.69 Å². The summed E-state index contributed by atoms with van der Waals surface area (Å²) in [4.78, 5) is 0. The maximum atomic E-state index is 8.73. The highest BCUT2D eigenvalue weighted by molar-refractivity contribution is 7.17. The van der Waals surface area contributed by atoms with Gasteiger partial charge in [-0.25, -0.2) is 0 Å². The van der Waals surface area contributed by atoms with Gasteiger partial charge in [0.2, 0.25) is 0 Å². The van der Waals surface area contributed by atoms with Crippen molar-refractivity contribution in [3.05, 3.63) is 41.4 Å². The number of H-pyrrole nitrogens is 1. The average Bonchev–Trinajstić information content (AvgIpc) is 2.94. The van der Waals surface area contributed by atoms with Crippen LogP contribution in [-0.4, -0.2) is 10.2 Å². The van der Waals surface area contributed by atoms with Crippen LogP contribution in [0.15, 0.2) is 35.7 Å². The van der Waals surface area contributed by atoms with E-state index in [1.807, 2.05) is 18.2 Å². The summed E-state index contributed by atoms with van der Waals surface area (Å²) in [5.74, 6) is 0. The van der Waals surface area contributed by atoms with Crippen molar-refractivity contribution in [2.45, 2.75) is 0 Å².